The molecule has 0 heterocycles. The Balaban J connectivity index is 0. The highest BCUT2D eigenvalue weighted by molar-refractivity contribution is 5.62. The predicted octanol–water partition coefficient (Wildman–Crippen LogP) is 6.81. The predicted molar refractivity (Wildman–Crippen MR) is 95.9 cm³/mol. The molecule has 0 N–H and O–H groups in total. The smallest absolute Gasteiger partial charge is 0.0154 e. The first-order valence-corrected chi connectivity index (χ1v) is 7.32. The number of rotatable bonds is 2. The lowest BCUT2D eigenvalue weighted by Gasteiger charge is -2.23. The van der Waals surface area contributed by atoms with Crippen molar-refractivity contribution < 1.29 is 0 Å². The summed E-state index contributed by atoms with van der Waals surface area (Å²) in [7, 11) is 0. The molecule has 0 saturated heterocycles. The molecule has 0 bridgehead atoms. The number of hydrogen-bond donors (Lipinski definition) is 0. The minimum Gasteiger partial charge on any atom is -0.103 e. The molecule has 1 aliphatic rings. The van der Waals surface area contributed by atoms with Crippen LogP contribution in [0.15, 0.2) is 72.4 Å². The van der Waals surface area contributed by atoms with E-state index in [0.717, 1.165) is 5.57 Å². The van der Waals surface area contributed by atoms with Gasteiger partial charge in [-0.3, -0.25) is 0 Å². The van der Waals surface area contributed by atoms with Crippen LogP contribution in [0.4, 0.5) is 0 Å². The van der Waals surface area contributed by atoms with Gasteiger partial charge in [0.25, 0.3) is 0 Å². The average molecular weight is 272 g/mol. The zero-order valence-electron chi connectivity index (χ0n) is 14.5. The van der Waals surface area contributed by atoms with Crippen molar-refractivity contribution in [2.24, 2.45) is 5.41 Å². The van der Waals surface area contributed by atoms with E-state index in [4.69, 9.17) is 0 Å². The van der Waals surface area contributed by atoms with Crippen LogP contribution in [0.25, 0.3) is 0 Å². The maximum atomic E-state index is 4.16. The van der Waals surface area contributed by atoms with Crippen molar-refractivity contribution in [3.63, 3.8) is 0 Å². The van der Waals surface area contributed by atoms with Gasteiger partial charge in [0, 0.05) is 5.41 Å². The van der Waals surface area contributed by atoms with Gasteiger partial charge in [0.05, 0.1) is 0 Å². The molecule has 1 rings (SSSR count). The number of hydrogen-bond acceptors (Lipinski definition) is 0. The van der Waals surface area contributed by atoms with E-state index in [1.165, 1.54) is 16.7 Å². The molecular weight excluding hydrogens is 240 g/mol. The van der Waals surface area contributed by atoms with E-state index >= 15 is 0 Å². The van der Waals surface area contributed by atoms with Gasteiger partial charge in [-0.25, -0.2) is 0 Å². The summed E-state index contributed by atoms with van der Waals surface area (Å²) in [4.78, 5) is 0. The lowest BCUT2D eigenvalue weighted by atomic mass is 9.80. The van der Waals surface area contributed by atoms with Gasteiger partial charge in [-0.1, -0.05) is 71.2 Å². The third kappa shape index (κ3) is 4.85. The largest absolute Gasteiger partial charge is 0.103 e. The van der Waals surface area contributed by atoms with Crippen molar-refractivity contribution in [1.82, 2.24) is 0 Å². The van der Waals surface area contributed by atoms with E-state index in [-0.39, 0.29) is 5.41 Å². The Morgan fingerprint density at radius 3 is 1.80 bits per heavy atom. The van der Waals surface area contributed by atoms with Gasteiger partial charge >= 0.3 is 0 Å². The molecule has 0 radical (unpaired) electrons. The Bertz CT molecular complexity index is 423. The molecule has 0 unspecified atom stereocenters. The molecule has 0 fully saturated rings. The lowest BCUT2D eigenvalue weighted by molar-refractivity contribution is 0.579. The van der Waals surface area contributed by atoms with Crippen molar-refractivity contribution in [2.75, 3.05) is 0 Å². The Kier molecular flexibility index (Phi) is 10.6. The normalized spacial score (nSPS) is 18.4. The topological polar surface area (TPSA) is 0 Å². The van der Waals surface area contributed by atoms with Gasteiger partial charge in [0.15, 0.2) is 0 Å². The SMILES string of the molecule is C=CC.C=CC1=C(C)C(=C)/C(=C\C=C/C)C1(C)C.CC. The Morgan fingerprint density at radius 2 is 1.50 bits per heavy atom. The van der Waals surface area contributed by atoms with Crippen LogP contribution in [0.5, 0.6) is 0 Å². The van der Waals surface area contributed by atoms with Crippen LogP contribution in [0.2, 0.25) is 0 Å². The summed E-state index contributed by atoms with van der Waals surface area (Å²) in [5.41, 5.74) is 5.05. The Hall–Kier alpha value is -1.56. The van der Waals surface area contributed by atoms with Crippen LogP contribution in [0.1, 0.15) is 48.5 Å². The molecule has 0 aromatic rings. The zero-order valence-corrected chi connectivity index (χ0v) is 14.5. The number of allylic oxidation sites excluding steroid dienone is 9. The van der Waals surface area contributed by atoms with Gasteiger partial charge in [-0.05, 0) is 43.1 Å². The summed E-state index contributed by atoms with van der Waals surface area (Å²) < 4.78 is 0. The average Bonchev–Trinajstić information content (AvgIpc) is 2.57. The van der Waals surface area contributed by atoms with Gasteiger partial charge in [0.2, 0.25) is 0 Å². The quantitative estimate of drug-likeness (QED) is 0.484. The molecule has 0 atom stereocenters. The minimum atomic E-state index is 0.0441. The molecule has 0 aromatic carbocycles. The van der Waals surface area contributed by atoms with E-state index < -0.39 is 0 Å². The second kappa shape index (κ2) is 10.3. The first-order valence-electron chi connectivity index (χ1n) is 7.32. The second-order valence-corrected chi connectivity index (χ2v) is 4.86. The highest BCUT2D eigenvalue weighted by Crippen LogP contribution is 2.49. The van der Waals surface area contributed by atoms with Gasteiger partial charge in [-0.2, -0.15) is 0 Å². The minimum absolute atomic E-state index is 0.0441. The van der Waals surface area contributed by atoms with Crippen molar-refractivity contribution in [3.8, 4) is 0 Å². The summed E-state index contributed by atoms with van der Waals surface area (Å²) in [5.74, 6) is 0. The van der Waals surface area contributed by atoms with Gasteiger partial charge in [0.1, 0.15) is 0 Å². The molecule has 20 heavy (non-hydrogen) atoms. The first kappa shape index (κ1) is 20.8. The van der Waals surface area contributed by atoms with E-state index in [1.54, 1.807) is 6.08 Å². The van der Waals surface area contributed by atoms with E-state index in [0.29, 0.717) is 0 Å². The maximum Gasteiger partial charge on any atom is 0.0154 e. The molecule has 0 nitrogen and oxygen atoms in total. The fourth-order valence-electron chi connectivity index (χ4n) is 2.27. The first-order chi connectivity index (χ1) is 9.38. The molecular formula is C20H32. The lowest BCUT2D eigenvalue weighted by Crippen LogP contribution is -2.12. The van der Waals surface area contributed by atoms with E-state index in [9.17, 15) is 0 Å². The summed E-state index contributed by atoms with van der Waals surface area (Å²) in [5, 5.41) is 0. The third-order valence-corrected chi connectivity index (χ3v) is 3.19. The Morgan fingerprint density at radius 1 is 1.05 bits per heavy atom. The monoisotopic (exact) mass is 272 g/mol. The molecule has 0 heteroatoms. The van der Waals surface area contributed by atoms with Crippen LogP contribution in [-0.2, 0) is 0 Å². The van der Waals surface area contributed by atoms with Crippen LogP contribution < -0.4 is 0 Å². The van der Waals surface area contributed by atoms with Crippen molar-refractivity contribution in [1.29, 1.82) is 0 Å². The van der Waals surface area contributed by atoms with Crippen molar-refractivity contribution >= 4 is 0 Å². The molecule has 0 aliphatic heterocycles. The summed E-state index contributed by atoms with van der Waals surface area (Å²) in [6, 6.07) is 0. The second-order valence-electron chi connectivity index (χ2n) is 4.86. The standard InChI is InChI=1S/C15H20.C3H6.C2H6/c1-7-9-10-14-12(4)11(3)13(8-2)15(14,5)6;1-3-2;1-2/h7-10H,2,4H2,1,3,5-6H3;3H,1H2,2H3;1-2H3/b9-7-,14-10+;;. The zero-order chi connectivity index (χ0) is 16.3. The molecule has 1 aliphatic carbocycles. The van der Waals surface area contributed by atoms with Crippen LogP contribution in [-0.4, -0.2) is 0 Å². The summed E-state index contributed by atoms with van der Waals surface area (Å²) in [6.07, 6.45) is 9.97. The van der Waals surface area contributed by atoms with Crippen LogP contribution in [0.3, 0.4) is 0 Å². The third-order valence-electron chi connectivity index (χ3n) is 3.19. The molecule has 0 spiro atoms. The highest BCUT2D eigenvalue weighted by atomic mass is 14.4. The maximum absolute atomic E-state index is 4.16. The Labute approximate surface area is 127 Å². The fourth-order valence-corrected chi connectivity index (χ4v) is 2.27. The molecule has 0 amide bonds. The summed E-state index contributed by atoms with van der Waals surface area (Å²) >= 11 is 0. The van der Waals surface area contributed by atoms with Crippen molar-refractivity contribution in [2.45, 2.75) is 48.5 Å². The van der Waals surface area contributed by atoms with E-state index in [2.05, 4.69) is 52.7 Å². The molecule has 112 valence electrons. The van der Waals surface area contributed by atoms with Gasteiger partial charge in [-0.15, -0.1) is 6.58 Å². The van der Waals surface area contributed by atoms with Gasteiger partial charge < -0.3 is 0 Å². The van der Waals surface area contributed by atoms with Crippen LogP contribution >= 0.6 is 0 Å². The van der Waals surface area contributed by atoms with Crippen molar-refractivity contribution in [3.05, 3.63) is 72.4 Å². The molecule has 0 aromatic heterocycles. The van der Waals surface area contributed by atoms with E-state index in [1.807, 2.05) is 39.8 Å². The molecule has 0 saturated carbocycles. The fraction of sp³-hybridized carbons (Fsp3) is 0.400. The highest BCUT2D eigenvalue weighted by Gasteiger charge is 2.35. The van der Waals surface area contributed by atoms with Crippen LogP contribution in [0, 0.1) is 5.41 Å². The summed E-state index contributed by atoms with van der Waals surface area (Å²) in [6.45, 7) is 25.9.